The van der Waals surface area contributed by atoms with Gasteiger partial charge in [-0.25, -0.2) is 0 Å². The van der Waals surface area contributed by atoms with Gasteiger partial charge in [-0.15, -0.1) is 0 Å². The van der Waals surface area contributed by atoms with E-state index >= 15 is 0 Å². The van der Waals surface area contributed by atoms with Gasteiger partial charge in [-0.3, -0.25) is 19.3 Å². The van der Waals surface area contributed by atoms with Gasteiger partial charge < -0.3 is 35.6 Å². The summed E-state index contributed by atoms with van der Waals surface area (Å²) in [5.41, 5.74) is 3.71. The number of aromatic hydroxyl groups is 1. The second-order valence-corrected chi connectivity index (χ2v) is 10.9. The van der Waals surface area contributed by atoms with E-state index in [9.17, 15) is 34.8 Å². The summed E-state index contributed by atoms with van der Waals surface area (Å²) in [5, 5.41) is 44.8. The van der Waals surface area contributed by atoms with Crippen LogP contribution in [-0.2, 0) is 20.8 Å². The van der Waals surface area contributed by atoms with E-state index < -0.39 is 58.0 Å². The molecule has 3 aliphatic carbocycles. The maximum atomic E-state index is 13.9. The number of aliphatic hydroxyl groups excluding tert-OH is 2. The van der Waals surface area contributed by atoms with Gasteiger partial charge >= 0.3 is 0 Å². The second kappa shape index (κ2) is 10.3. The molecular weight excluding hydrogens is 544 g/mol. The van der Waals surface area contributed by atoms with E-state index in [1.807, 2.05) is 12.1 Å². The van der Waals surface area contributed by atoms with Crippen molar-refractivity contribution in [3.63, 3.8) is 0 Å². The molecule has 42 heavy (non-hydrogen) atoms. The van der Waals surface area contributed by atoms with Crippen molar-refractivity contribution in [2.75, 3.05) is 28.3 Å². The minimum absolute atomic E-state index is 0.0141. The van der Waals surface area contributed by atoms with Crippen molar-refractivity contribution in [2.24, 2.45) is 17.6 Å². The largest absolute Gasteiger partial charge is 0.508 e. The summed E-state index contributed by atoms with van der Waals surface area (Å²) < 4.78 is 10.7. The van der Waals surface area contributed by atoms with Crippen LogP contribution in [0.4, 0.5) is 0 Å². The third-order valence-corrected chi connectivity index (χ3v) is 8.50. The van der Waals surface area contributed by atoms with E-state index in [2.05, 4.69) is 0 Å². The SMILES string of the molecule is COc1ccc(/C=C/c2ccc(O)c3c2C[C@H]2C[C@H]4[C@H](N(C)C)C(=O)C(C(N)=O)=C(O)[C@@]4(O)C(=O)C2=C3O)cc1OC. The Morgan fingerprint density at radius 1 is 1.05 bits per heavy atom. The number of carbonyl (C=O) groups is 3. The molecule has 1 fully saturated rings. The van der Waals surface area contributed by atoms with Gasteiger partial charge in [0, 0.05) is 11.5 Å². The summed E-state index contributed by atoms with van der Waals surface area (Å²) in [4.78, 5) is 40.8. The fourth-order valence-electron chi connectivity index (χ4n) is 6.57. The average Bonchev–Trinajstić information content (AvgIpc) is 2.94. The molecule has 0 radical (unpaired) electrons. The molecule has 3 aliphatic rings. The first-order valence-electron chi connectivity index (χ1n) is 13.3. The Bertz CT molecular complexity index is 1620. The molecule has 0 bridgehead atoms. The lowest BCUT2D eigenvalue weighted by Crippen LogP contribution is -2.65. The molecule has 5 rings (SSSR count). The standard InChI is InChI=1S/C31H32N2O9/c1-33(2)25-18-13-16-12-17-15(7-5-14-6-10-20(41-3)21(11-14)42-4)8-9-19(34)23(17)26(35)22(16)28(37)31(18,40)29(38)24(27(25)36)30(32)39/h5-11,16,18,25,34-35,38,40H,12-13H2,1-4H3,(H2,32,39)/b7-5+/t16-,18-,25-,31-/m0/s1. The summed E-state index contributed by atoms with van der Waals surface area (Å²) in [6.07, 6.45) is 3.83. The highest BCUT2D eigenvalue weighted by Crippen LogP contribution is 2.53. The van der Waals surface area contributed by atoms with Gasteiger partial charge in [-0.1, -0.05) is 24.3 Å². The van der Waals surface area contributed by atoms with Gasteiger partial charge in [0.15, 0.2) is 22.9 Å². The number of aliphatic hydroxyl groups is 3. The number of amides is 1. The first kappa shape index (κ1) is 28.9. The van der Waals surface area contributed by atoms with Gasteiger partial charge in [0.25, 0.3) is 5.91 Å². The molecular formula is C31H32N2O9. The molecule has 11 nitrogen and oxygen atoms in total. The van der Waals surface area contributed by atoms with Crippen LogP contribution in [0.3, 0.4) is 0 Å². The van der Waals surface area contributed by atoms with Crippen molar-refractivity contribution >= 4 is 35.4 Å². The van der Waals surface area contributed by atoms with Crippen LogP contribution in [0.1, 0.15) is 28.7 Å². The van der Waals surface area contributed by atoms with Gasteiger partial charge in [0.05, 0.1) is 25.8 Å². The van der Waals surface area contributed by atoms with Gasteiger partial charge in [0.1, 0.15) is 22.8 Å². The zero-order valence-corrected chi connectivity index (χ0v) is 23.5. The number of methoxy groups -OCH3 is 2. The number of fused-ring (bicyclic) bond motifs is 3. The van der Waals surface area contributed by atoms with Crippen LogP contribution < -0.4 is 15.2 Å². The molecule has 1 amide bonds. The molecule has 0 unspecified atom stereocenters. The Kier molecular flexibility index (Phi) is 7.12. The van der Waals surface area contributed by atoms with Crippen molar-refractivity contribution in [2.45, 2.75) is 24.5 Å². The molecule has 4 atom stereocenters. The topological polar surface area (TPSA) is 180 Å². The average molecular weight is 577 g/mol. The number of rotatable bonds is 6. The summed E-state index contributed by atoms with van der Waals surface area (Å²) in [7, 11) is 6.19. The van der Waals surface area contributed by atoms with E-state index in [-0.39, 0.29) is 29.7 Å². The van der Waals surface area contributed by atoms with E-state index in [0.717, 1.165) is 5.56 Å². The quantitative estimate of drug-likeness (QED) is 0.253. The molecule has 1 saturated carbocycles. The lowest BCUT2D eigenvalue weighted by atomic mass is 9.57. The lowest BCUT2D eigenvalue weighted by molar-refractivity contribution is -0.153. The molecule has 0 spiro atoms. The normalized spacial score (nSPS) is 25.4. The predicted octanol–water partition coefficient (Wildman–Crippen LogP) is 2.15. The number of benzene rings is 2. The summed E-state index contributed by atoms with van der Waals surface area (Å²) in [6.45, 7) is 0. The van der Waals surface area contributed by atoms with E-state index in [1.54, 1.807) is 45.5 Å². The molecule has 0 aromatic heterocycles. The van der Waals surface area contributed by atoms with Crippen LogP contribution >= 0.6 is 0 Å². The number of likely N-dealkylation sites (N-methyl/N-ethyl adjacent to an activating group) is 1. The number of phenolic OH excluding ortho intramolecular Hbond substituents is 1. The third-order valence-electron chi connectivity index (χ3n) is 8.50. The van der Waals surface area contributed by atoms with Gasteiger partial charge in [-0.2, -0.15) is 0 Å². The van der Waals surface area contributed by atoms with Crippen molar-refractivity contribution in [1.29, 1.82) is 0 Å². The number of nitrogens with two attached hydrogens (primary N) is 1. The number of Topliss-reactive ketones (excluding diaryl/α,β-unsaturated/α-hetero) is 2. The number of hydrogen-bond donors (Lipinski definition) is 5. The van der Waals surface area contributed by atoms with Gasteiger partial charge in [0.2, 0.25) is 5.78 Å². The van der Waals surface area contributed by atoms with E-state index in [4.69, 9.17) is 15.2 Å². The zero-order chi connectivity index (χ0) is 30.7. The highest BCUT2D eigenvalue weighted by Gasteiger charge is 2.64. The van der Waals surface area contributed by atoms with Crippen molar-refractivity contribution in [3.8, 4) is 17.2 Å². The van der Waals surface area contributed by atoms with Crippen LogP contribution in [0.5, 0.6) is 17.2 Å². The molecule has 0 aliphatic heterocycles. The Labute approximate surface area is 241 Å². The number of hydrogen-bond acceptors (Lipinski definition) is 10. The highest BCUT2D eigenvalue weighted by atomic mass is 16.5. The fraction of sp³-hybridized carbons (Fsp3) is 0.323. The van der Waals surface area contributed by atoms with E-state index in [0.29, 0.717) is 22.6 Å². The fourth-order valence-corrected chi connectivity index (χ4v) is 6.57. The lowest BCUT2D eigenvalue weighted by Gasteiger charge is -2.50. The van der Waals surface area contributed by atoms with Crippen molar-refractivity contribution in [3.05, 3.63) is 69.5 Å². The number of nitrogens with zero attached hydrogens (tertiary/aromatic N) is 1. The molecule has 6 N–H and O–H groups in total. The number of carbonyl (C=O) groups excluding carboxylic acids is 3. The molecule has 2 aromatic rings. The third kappa shape index (κ3) is 4.15. The number of ether oxygens (including phenoxy) is 2. The van der Waals surface area contributed by atoms with Crippen LogP contribution in [0.15, 0.2) is 47.2 Å². The second-order valence-electron chi connectivity index (χ2n) is 10.9. The molecule has 0 saturated heterocycles. The first-order chi connectivity index (χ1) is 19.9. The molecule has 0 heterocycles. The van der Waals surface area contributed by atoms with Gasteiger partial charge in [-0.05, 0) is 67.7 Å². The van der Waals surface area contributed by atoms with Crippen LogP contribution in [0, 0.1) is 11.8 Å². The summed E-state index contributed by atoms with van der Waals surface area (Å²) in [5.74, 6) is -5.74. The Morgan fingerprint density at radius 2 is 1.74 bits per heavy atom. The Morgan fingerprint density at radius 3 is 2.36 bits per heavy atom. The smallest absolute Gasteiger partial charge is 0.255 e. The first-order valence-corrected chi connectivity index (χ1v) is 13.3. The minimum atomic E-state index is -2.68. The maximum Gasteiger partial charge on any atom is 0.255 e. The summed E-state index contributed by atoms with van der Waals surface area (Å²) >= 11 is 0. The molecule has 11 heteroatoms. The minimum Gasteiger partial charge on any atom is -0.508 e. The Hall–Kier alpha value is -4.61. The Balaban J connectivity index is 1.63. The maximum absolute atomic E-state index is 13.9. The highest BCUT2D eigenvalue weighted by molar-refractivity contribution is 6.24. The monoisotopic (exact) mass is 576 g/mol. The van der Waals surface area contributed by atoms with Crippen molar-refractivity contribution < 1.29 is 44.3 Å². The van der Waals surface area contributed by atoms with Crippen molar-refractivity contribution in [1.82, 2.24) is 4.90 Å². The number of ketones is 2. The predicted molar refractivity (Wildman–Crippen MR) is 153 cm³/mol. The number of phenols is 1. The molecule has 220 valence electrons. The summed E-state index contributed by atoms with van der Waals surface area (Å²) in [6, 6.07) is 7.32. The zero-order valence-electron chi connectivity index (χ0n) is 23.5. The number of primary amides is 1. The van der Waals surface area contributed by atoms with Crippen LogP contribution in [0.25, 0.3) is 17.9 Å². The van der Waals surface area contributed by atoms with Crippen LogP contribution in [0.2, 0.25) is 0 Å². The van der Waals surface area contributed by atoms with E-state index in [1.165, 1.54) is 18.1 Å². The van der Waals surface area contributed by atoms with Crippen LogP contribution in [-0.4, -0.2) is 82.8 Å². The molecule has 2 aromatic carbocycles.